The lowest BCUT2D eigenvalue weighted by molar-refractivity contribution is 0.0996. The molecule has 2 aromatic rings. The van der Waals surface area contributed by atoms with Gasteiger partial charge in [0.25, 0.3) is 5.56 Å². The van der Waals surface area contributed by atoms with Gasteiger partial charge < -0.3 is 19.4 Å². The zero-order valence-electron chi connectivity index (χ0n) is 17.6. The molecule has 0 spiro atoms. The SMILES string of the molecule is O=c1[nH]nc2c3cnc(NCC4COc5ccccc5O4)nc3n(C3CCCCC3)cc1-2. The number of aromatic nitrogens is 5. The molecule has 2 N–H and O–H groups in total. The molecule has 0 saturated heterocycles. The summed E-state index contributed by atoms with van der Waals surface area (Å²) in [4.78, 5) is 21.6. The molecule has 0 bridgehead atoms. The van der Waals surface area contributed by atoms with Crippen LogP contribution in [0.1, 0.15) is 38.1 Å². The van der Waals surface area contributed by atoms with Gasteiger partial charge in [-0.1, -0.05) is 31.4 Å². The van der Waals surface area contributed by atoms with Crippen molar-refractivity contribution in [3.8, 4) is 22.8 Å². The summed E-state index contributed by atoms with van der Waals surface area (Å²) in [5.74, 6) is 2.02. The van der Waals surface area contributed by atoms with Crippen LogP contribution in [-0.4, -0.2) is 44.0 Å². The van der Waals surface area contributed by atoms with E-state index in [-0.39, 0.29) is 11.7 Å². The van der Waals surface area contributed by atoms with E-state index in [9.17, 15) is 4.79 Å². The monoisotopic (exact) mass is 432 g/mol. The molecule has 6 rings (SSSR count). The Labute approximate surface area is 184 Å². The predicted octanol–water partition coefficient (Wildman–Crippen LogP) is 3.38. The Morgan fingerprint density at radius 2 is 2.00 bits per heavy atom. The van der Waals surface area contributed by atoms with E-state index in [4.69, 9.17) is 14.5 Å². The minimum atomic E-state index is -0.177. The summed E-state index contributed by atoms with van der Waals surface area (Å²) in [5, 5.41) is 10.9. The van der Waals surface area contributed by atoms with E-state index in [2.05, 4.69) is 25.1 Å². The highest BCUT2D eigenvalue weighted by Gasteiger charge is 2.24. The molecule has 4 aliphatic rings. The van der Waals surface area contributed by atoms with Crippen molar-refractivity contribution in [3.05, 3.63) is 47.0 Å². The van der Waals surface area contributed by atoms with Gasteiger partial charge in [-0.15, -0.1) is 0 Å². The first-order valence-electron chi connectivity index (χ1n) is 11.1. The molecule has 1 saturated carbocycles. The van der Waals surface area contributed by atoms with Crippen LogP contribution in [0, 0.1) is 0 Å². The van der Waals surface area contributed by atoms with Gasteiger partial charge >= 0.3 is 0 Å². The topological polar surface area (TPSA) is 107 Å². The lowest BCUT2D eigenvalue weighted by Gasteiger charge is -2.27. The van der Waals surface area contributed by atoms with E-state index in [0.717, 1.165) is 35.4 Å². The zero-order valence-corrected chi connectivity index (χ0v) is 17.6. The van der Waals surface area contributed by atoms with Crippen LogP contribution in [0.5, 0.6) is 11.5 Å². The number of nitrogens with zero attached hydrogens (tertiary/aromatic N) is 4. The number of aromatic amines is 1. The maximum Gasteiger partial charge on any atom is 0.275 e. The first-order chi connectivity index (χ1) is 15.8. The Balaban J connectivity index is 1.31. The fraction of sp³-hybridized carbons (Fsp3) is 0.391. The van der Waals surface area contributed by atoms with Crippen molar-refractivity contribution < 1.29 is 9.47 Å². The highest BCUT2D eigenvalue weighted by Crippen LogP contribution is 2.34. The Morgan fingerprint density at radius 1 is 1.16 bits per heavy atom. The Bertz CT molecular complexity index is 1290. The van der Waals surface area contributed by atoms with E-state index < -0.39 is 0 Å². The van der Waals surface area contributed by atoms with Gasteiger partial charge in [-0.25, -0.2) is 10.1 Å². The highest BCUT2D eigenvalue weighted by atomic mass is 16.6. The molecule has 1 aromatic carbocycles. The fourth-order valence-electron chi connectivity index (χ4n) is 4.69. The molecule has 4 heterocycles. The van der Waals surface area contributed by atoms with E-state index in [0.29, 0.717) is 36.4 Å². The van der Waals surface area contributed by atoms with Crippen molar-refractivity contribution in [1.29, 1.82) is 0 Å². The number of rotatable bonds is 4. The van der Waals surface area contributed by atoms with Crippen molar-refractivity contribution in [3.63, 3.8) is 0 Å². The maximum absolute atomic E-state index is 12.3. The first-order valence-corrected chi connectivity index (χ1v) is 11.1. The minimum absolute atomic E-state index is 0.147. The second kappa shape index (κ2) is 7.81. The maximum atomic E-state index is 12.3. The predicted molar refractivity (Wildman–Crippen MR) is 120 cm³/mol. The summed E-state index contributed by atoms with van der Waals surface area (Å²) >= 11 is 0. The Hall–Kier alpha value is -3.62. The summed E-state index contributed by atoms with van der Waals surface area (Å²) in [6.45, 7) is 0.971. The third kappa shape index (κ3) is 3.34. The van der Waals surface area contributed by atoms with Crippen LogP contribution in [0.25, 0.3) is 22.3 Å². The molecule has 1 aromatic heterocycles. The molecule has 1 aliphatic carbocycles. The quantitative estimate of drug-likeness (QED) is 0.509. The number of anilines is 1. The minimum Gasteiger partial charge on any atom is -0.486 e. The molecule has 32 heavy (non-hydrogen) atoms. The number of H-pyrrole nitrogens is 1. The summed E-state index contributed by atoms with van der Waals surface area (Å²) in [6.07, 6.45) is 9.29. The van der Waals surface area contributed by atoms with E-state index in [1.807, 2.05) is 30.5 Å². The van der Waals surface area contributed by atoms with Crippen molar-refractivity contribution in [1.82, 2.24) is 24.7 Å². The van der Waals surface area contributed by atoms with Gasteiger partial charge in [-0.05, 0) is 25.0 Å². The Kier molecular flexibility index (Phi) is 4.66. The number of fused-ring (bicyclic) bond motifs is 4. The number of para-hydroxylation sites is 2. The van der Waals surface area contributed by atoms with Gasteiger partial charge in [0.15, 0.2) is 11.5 Å². The lowest BCUT2D eigenvalue weighted by atomic mass is 9.94. The van der Waals surface area contributed by atoms with Gasteiger partial charge in [-0.3, -0.25) is 4.79 Å². The molecule has 1 unspecified atom stereocenters. The largest absolute Gasteiger partial charge is 0.486 e. The molecule has 0 radical (unpaired) electrons. The highest BCUT2D eigenvalue weighted by molar-refractivity contribution is 5.91. The number of hydrogen-bond acceptors (Lipinski definition) is 7. The van der Waals surface area contributed by atoms with Crippen molar-refractivity contribution >= 4 is 17.0 Å². The molecule has 164 valence electrons. The van der Waals surface area contributed by atoms with E-state index in [1.165, 1.54) is 19.3 Å². The number of hydrogen-bond donors (Lipinski definition) is 2. The van der Waals surface area contributed by atoms with E-state index >= 15 is 0 Å². The number of benzene rings is 1. The standard InChI is InChI=1S/C23H24N6O3/c30-22-17-12-29(14-6-2-1-3-7-14)21-16(20(17)27-28-22)11-25-23(26-21)24-10-15-13-31-18-8-4-5-9-19(18)32-15/h4-5,8-9,11-12,14-15H,1-3,6-7,10,13H2,(H,28,30)(H,24,25,26). The van der Waals surface area contributed by atoms with Gasteiger partial charge in [0.1, 0.15) is 24.1 Å². The molecular formula is C23H24N6O3. The van der Waals surface area contributed by atoms with Crippen molar-refractivity contribution in [2.45, 2.75) is 44.2 Å². The fourth-order valence-corrected chi connectivity index (χ4v) is 4.69. The molecule has 1 fully saturated rings. The normalized spacial score (nSPS) is 18.8. The molecular weight excluding hydrogens is 408 g/mol. The Morgan fingerprint density at radius 3 is 2.88 bits per heavy atom. The van der Waals surface area contributed by atoms with Crippen LogP contribution in [0.15, 0.2) is 41.5 Å². The van der Waals surface area contributed by atoms with Gasteiger partial charge in [0.2, 0.25) is 5.95 Å². The summed E-state index contributed by atoms with van der Waals surface area (Å²) in [5.41, 5.74) is 1.81. The third-order valence-electron chi connectivity index (χ3n) is 6.33. The van der Waals surface area contributed by atoms with Crippen LogP contribution in [0.4, 0.5) is 5.95 Å². The molecule has 9 nitrogen and oxygen atoms in total. The number of ether oxygens (including phenoxy) is 2. The molecule has 0 amide bonds. The zero-order chi connectivity index (χ0) is 21.5. The lowest BCUT2D eigenvalue weighted by Crippen LogP contribution is -2.35. The van der Waals surface area contributed by atoms with E-state index in [1.54, 1.807) is 6.20 Å². The molecule has 1 atom stereocenters. The van der Waals surface area contributed by atoms with Gasteiger partial charge in [-0.2, -0.15) is 10.1 Å². The van der Waals surface area contributed by atoms with Crippen LogP contribution in [0.3, 0.4) is 0 Å². The summed E-state index contributed by atoms with van der Waals surface area (Å²) < 4.78 is 14.0. The van der Waals surface area contributed by atoms with Crippen LogP contribution in [-0.2, 0) is 0 Å². The number of pyridine rings is 1. The second-order valence-corrected chi connectivity index (χ2v) is 8.45. The smallest absolute Gasteiger partial charge is 0.275 e. The average Bonchev–Trinajstić information content (AvgIpc) is 3.23. The third-order valence-corrected chi connectivity index (χ3v) is 6.33. The van der Waals surface area contributed by atoms with Gasteiger partial charge in [0, 0.05) is 18.4 Å². The van der Waals surface area contributed by atoms with Crippen LogP contribution in [0.2, 0.25) is 0 Å². The van der Waals surface area contributed by atoms with Gasteiger partial charge in [0.05, 0.1) is 17.5 Å². The summed E-state index contributed by atoms with van der Waals surface area (Å²) in [6, 6.07) is 7.98. The van der Waals surface area contributed by atoms with Crippen LogP contribution < -0.4 is 20.3 Å². The second-order valence-electron chi connectivity index (χ2n) is 8.45. The van der Waals surface area contributed by atoms with Crippen LogP contribution >= 0.6 is 0 Å². The first kappa shape index (κ1) is 19.1. The molecule has 9 heteroatoms. The van der Waals surface area contributed by atoms with Crippen molar-refractivity contribution in [2.24, 2.45) is 0 Å². The average molecular weight is 432 g/mol. The van der Waals surface area contributed by atoms with Crippen molar-refractivity contribution in [2.75, 3.05) is 18.5 Å². The number of nitrogens with one attached hydrogen (secondary N) is 2. The summed E-state index contributed by atoms with van der Waals surface area (Å²) in [7, 11) is 0. The molecule has 3 aliphatic heterocycles.